The number of carbonyl (C=O) groups excluding carboxylic acids is 1. The van der Waals surface area contributed by atoms with Crippen molar-refractivity contribution in [2.24, 2.45) is 0 Å². The van der Waals surface area contributed by atoms with Crippen LogP contribution in [0.4, 0.5) is 11.6 Å². The Kier molecular flexibility index (Phi) is 4.65. The smallest absolute Gasteiger partial charge is 0.277 e. The molecule has 0 atom stereocenters. The second kappa shape index (κ2) is 6.65. The minimum absolute atomic E-state index is 0.228. The third kappa shape index (κ3) is 3.78. The molecule has 2 aromatic heterocycles. The zero-order chi connectivity index (χ0) is 14.4. The molecule has 0 radical (unpaired) electrons. The van der Waals surface area contributed by atoms with Gasteiger partial charge in [0, 0.05) is 12.6 Å². The first-order valence-electron chi connectivity index (χ1n) is 6.51. The van der Waals surface area contributed by atoms with Crippen LogP contribution in [-0.2, 0) is 0 Å². The van der Waals surface area contributed by atoms with Gasteiger partial charge in [0.15, 0.2) is 11.5 Å². The van der Waals surface area contributed by atoms with Gasteiger partial charge >= 0.3 is 0 Å². The van der Waals surface area contributed by atoms with Crippen molar-refractivity contribution in [3.8, 4) is 0 Å². The topological polar surface area (TPSA) is 92.9 Å². The SMILES string of the molecule is CCCCNc1ccc(C(=O)Nc2cc(C)on2)nn1. The quantitative estimate of drug-likeness (QED) is 0.785. The Morgan fingerprint density at radius 3 is 2.75 bits per heavy atom. The van der Waals surface area contributed by atoms with E-state index in [0.717, 1.165) is 19.4 Å². The lowest BCUT2D eigenvalue weighted by atomic mass is 10.3. The highest BCUT2D eigenvalue weighted by atomic mass is 16.5. The van der Waals surface area contributed by atoms with Crippen molar-refractivity contribution in [3.63, 3.8) is 0 Å². The number of unbranched alkanes of at least 4 members (excludes halogenated alkanes) is 1. The fourth-order valence-corrected chi connectivity index (χ4v) is 1.55. The first-order chi connectivity index (χ1) is 9.69. The number of hydrogen-bond acceptors (Lipinski definition) is 6. The van der Waals surface area contributed by atoms with E-state index in [1.165, 1.54) is 0 Å². The van der Waals surface area contributed by atoms with E-state index in [-0.39, 0.29) is 11.6 Å². The van der Waals surface area contributed by atoms with E-state index in [4.69, 9.17) is 4.52 Å². The Bertz CT molecular complexity index is 564. The summed E-state index contributed by atoms with van der Waals surface area (Å²) in [6.07, 6.45) is 2.17. The standard InChI is InChI=1S/C13H17N5O2/c1-3-4-7-14-11-6-5-10(16-17-11)13(19)15-12-8-9(2)20-18-12/h5-6,8H,3-4,7H2,1-2H3,(H,14,17)(H,15,18,19). The number of rotatable bonds is 6. The molecule has 0 fully saturated rings. The molecule has 7 nitrogen and oxygen atoms in total. The number of carbonyl (C=O) groups is 1. The van der Waals surface area contributed by atoms with Crippen molar-refractivity contribution in [1.29, 1.82) is 0 Å². The van der Waals surface area contributed by atoms with Crippen LogP contribution in [0.1, 0.15) is 36.0 Å². The molecule has 0 aliphatic rings. The molecular weight excluding hydrogens is 258 g/mol. The fraction of sp³-hybridized carbons (Fsp3) is 0.385. The Labute approximate surface area is 116 Å². The van der Waals surface area contributed by atoms with Gasteiger partial charge in [-0.1, -0.05) is 18.5 Å². The molecule has 0 aliphatic carbocycles. The lowest BCUT2D eigenvalue weighted by molar-refractivity contribution is 0.102. The maximum absolute atomic E-state index is 11.9. The summed E-state index contributed by atoms with van der Waals surface area (Å²) in [5.41, 5.74) is 0.228. The van der Waals surface area contributed by atoms with Crippen molar-refractivity contribution < 1.29 is 9.32 Å². The van der Waals surface area contributed by atoms with E-state index in [1.54, 1.807) is 25.1 Å². The molecule has 106 valence electrons. The molecule has 0 bridgehead atoms. The Morgan fingerprint density at radius 2 is 2.15 bits per heavy atom. The van der Waals surface area contributed by atoms with Crippen molar-refractivity contribution in [3.05, 3.63) is 29.7 Å². The van der Waals surface area contributed by atoms with Gasteiger partial charge in [-0.15, -0.1) is 10.2 Å². The summed E-state index contributed by atoms with van der Waals surface area (Å²) in [4.78, 5) is 11.9. The van der Waals surface area contributed by atoms with Gasteiger partial charge in [-0.05, 0) is 25.5 Å². The molecular formula is C13H17N5O2. The molecule has 20 heavy (non-hydrogen) atoms. The highest BCUT2D eigenvalue weighted by Gasteiger charge is 2.10. The normalized spacial score (nSPS) is 10.3. The van der Waals surface area contributed by atoms with Crippen LogP contribution in [0.5, 0.6) is 0 Å². The number of anilines is 2. The summed E-state index contributed by atoms with van der Waals surface area (Å²) in [5.74, 6) is 1.28. The van der Waals surface area contributed by atoms with E-state index in [1.807, 2.05) is 0 Å². The fourth-order valence-electron chi connectivity index (χ4n) is 1.55. The van der Waals surface area contributed by atoms with E-state index in [0.29, 0.717) is 17.4 Å². The number of hydrogen-bond donors (Lipinski definition) is 2. The Hall–Kier alpha value is -2.44. The summed E-state index contributed by atoms with van der Waals surface area (Å²) in [5, 5.41) is 17.2. The molecule has 0 unspecified atom stereocenters. The molecule has 2 aromatic rings. The molecule has 0 saturated carbocycles. The minimum Gasteiger partial charge on any atom is -0.369 e. The molecule has 7 heteroatoms. The Balaban J connectivity index is 1.93. The lowest BCUT2D eigenvalue weighted by Gasteiger charge is -2.04. The van der Waals surface area contributed by atoms with E-state index in [9.17, 15) is 4.79 Å². The van der Waals surface area contributed by atoms with Crippen LogP contribution in [0.3, 0.4) is 0 Å². The zero-order valence-corrected chi connectivity index (χ0v) is 11.5. The summed E-state index contributed by atoms with van der Waals surface area (Å²) in [7, 11) is 0. The highest BCUT2D eigenvalue weighted by molar-refractivity contribution is 6.02. The van der Waals surface area contributed by atoms with Gasteiger partial charge in [0.25, 0.3) is 5.91 Å². The largest absolute Gasteiger partial charge is 0.369 e. The molecule has 1 amide bonds. The molecule has 2 rings (SSSR count). The van der Waals surface area contributed by atoms with E-state index in [2.05, 4.69) is 32.9 Å². The van der Waals surface area contributed by atoms with Crippen molar-refractivity contribution in [1.82, 2.24) is 15.4 Å². The summed E-state index contributed by atoms with van der Waals surface area (Å²) >= 11 is 0. The predicted molar refractivity (Wildman–Crippen MR) is 74.6 cm³/mol. The van der Waals surface area contributed by atoms with Crippen LogP contribution in [0, 0.1) is 6.92 Å². The van der Waals surface area contributed by atoms with Gasteiger partial charge in [0.1, 0.15) is 11.6 Å². The molecule has 0 saturated heterocycles. The second-order valence-electron chi connectivity index (χ2n) is 4.36. The van der Waals surface area contributed by atoms with Gasteiger partial charge in [-0.3, -0.25) is 4.79 Å². The van der Waals surface area contributed by atoms with Gasteiger partial charge in [0.2, 0.25) is 0 Å². The van der Waals surface area contributed by atoms with Crippen LogP contribution >= 0.6 is 0 Å². The highest BCUT2D eigenvalue weighted by Crippen LogP contribution is 2.09. The summed E-state index contributed by atoms with van der Waals surface area (Å²) in [6, 6.07) is 4.97. The average molecular weight is 275 g/mol. The number of nitrogens with one attached hydrogen (secondary N) is 2. The van der Waals surface area contributed by atoms with E-state index < -0.39 is 0 Å². The molecule has 2 N–H and O–H groups in total. The maximum Gasteiger partial charge on any atom is 0.277 e. The van der Waals surface area contributed by atoms with Gasteiger partial charge in [0.05, 0.1) is 0 Å². The molecule has 0 spiro atoms. The van der Waals surface area contributed by atoms with Crippen LogP contribution in [-0.4, -0.2) is 27.8 Å². The first-order valence-corrected chi connectivity index (χ1v) is 6.51. The van der Waals surface area contributed by atoms with E-state index >= 15 is 0 Å². The third-order valence-electron chi connectivity index (χ3n) is 2.60. The number of amides is 1. The Morgan fingerprint density at radius 1 is 1.30 bits per heavy atom. The van der Waals surface area contributed by atoms with Crippen molar-refractivity contribution >= 4 is 17.5 Å². The van der Waals surface area contributed by atoms with Crippen LogP contribution in [0.25, 0.3) is 0 Å². The lowest BCUT2D eigenvalue weighted by Crippen LogP contribution is -2.15. The van der Waals surface area contributed by atoms with Gasteiger partial charge < -0.3 is 15.2 Å². The second-order valence-corrected chi connectivity index (χ2v) is 4.36. The van der Waals surface area contributed by atoms with Crippen molar-refractivity contribution in [2.45, 2.75) is 26.7 Å². The maximum atomic E-state index is 11.9. The van der Waals surface area contributed by atoms with Crippen LogP contribution < -0.4 is 10.6 Å². The number of nitrogens with zero attached hydrogens (tertiary/aromatic N) is 3. The molecule has 2 heterocycles. The van der Waals surface area contributed by atoms with Crippen molar-refractivity contribution in [2.75, 3.05) is 17.2 Å². The predicted octanol–water partition coefficient (Wildman–Crippen LogP) is 2.24. The average Bonchev–Trinajstić information content (AvgIpc) is 2.85. The zero-order valence-electron chi connectivity index (χ0n) is 11.5. The molecule has 0 aliphatic heterocycles. The summed E-state index contributed by atoms with van der Waals surface area (Å²) in [6.45, 7) is 4.71. The monoisotopic (exact) mass is 275 g/mol. The number of aryl methyl sites for hydroxylation is 1. The first kappa shape index (κ1) is 14.0. The minimum atomic E-state index is -0.370. The van der Waals surface area contributed by atoms with Gasteiger partial charge in [-0.2, -0.15) is 0 Å². The summed E-state index contributed by atoms with van der Waals surface area (Å²) < 4.78 is 4.86. The molecule has 0 aromatic carbocycles. The third-order valence-corrected chi connectivity index (χ3v) is 2.60. The van der Waals surface area contributed by atoms with Crippen LogP contribution in [0.2, 0.25) is 0 Å². The van der Waals surface area contributed by atoms with Gasteiger partial charge in [-0.25, -0.2) is 0 Å². The van der Waals surface area contributed by atoms with Crippen LogP contribution in [0.15, 0.2) is 22.7 Å². The number of aromatic nitrogens is 3.